The number of aryl methyl sites for hydroxylation is 1. The lowest BCUT2D eigenvalue weighted by Crippen LogP contribution is -2.44. The summed E-state index contributed by atoms with van der Waals surface area (Å²) in [4.78, 5) is 4.65. The summed E-state index contributed by atoms with van der Waals surface area (Å²) in [6.07, 6.45) is 2.00. The van der Waals surface area contributed by atoms with Crippen LogP contribution in [0.15, 0.2) is 58.4 Å². The molecule has 0 aromatic heterocycles. The van der Waals surface area contributed by atoms with Crippen LogP contribution in [0.25, 0.3) is 0 Å². The van der Waals surface area contributed by atoms with E-state index < -0.39 is 9.84 Å². The molecule has 0 atom stereocenters. The van der Waals surface area contributed by atoms with Crippen LogP contribution in [0, 0.1) is 6.92 Å². The van der Waals surface area contributed by atoms with Crippen molar-refractivity contribution in [2.24, 2.45) is 4.99 Å². The number of benzene rings is 2. The van der Waals surface area contributed by atoms with Crippen LogP contribution in [-0.4, -0.2) is 40.8 Å². The lowest BCUT2D eigenvalue weighted by molar-refractivity contribution is 0.506. The quantitative estimate of drug-likeness (QED) is 0.553. The monoisotopic (exact) mass is 401 g/mol. The van der Waals surface area contributed by atoms with Gasteiger partial charge in [0.05, 0.1) is 4.90 Å². The molecular weight excluding hydrogens is 370 g/mol. The van der Waals surface area contributed by atoms with E-state index in [0.717, 1.165) is 24.5 Å². The Hall–Kier alpha value is -2.34. The second-order valence-corrected chi connectivity index (χ2v) is 9.73. The Morgan fingerprint density at radius 1 is 1.04 bits per heavy atom. The molecule has 0 saturated carbocycles. The number of aliphatic imine (C=N–C) groups is 1. The summed E-state index contributed by atoms with van der Waals surface area (Å²) in [5, 5.41) is 6.73. The van der Waals surface area contributed by atoms with Crippen molar-refractivity contribution in [2.45, 2.75) is 37.5 Å². The number of hydrogen-bond acceptors (Lipinski definition) is 3. The first-order chi connectivity index (χ1) is 13.1. The van der Waals surface area contributed by atoms with E-state index in [1.807, 2.05) is 12.1 Å². The number of guanidine groups is 1. The molecule has 0 saturated heterocycles. The first-order valence-electron chi connectivity index (χ1n) is 9.43. The van der Waals surface area contributed by atoms with Gasteiger partial charge in [-0.15, -0.1) is 0 Å². The topological polar surface area (TPSA) is 70.6 Å². The number of sulfone groups is 1. The fourth-order valence-electron chi connectivity index (χ4n) is 3.18. The van der Waals surface area contributed by atoms with E-state index in [2.05, 4.69) is 60.7 Å². The molecule has 0 aliphatic carbocycles. The molecule has 0 spiro atoms. The van der Waals surface area contributed by atoms with Gasteiger partial charge < -0.3 is 10.6 Å². The average Bonchev–Trinajstić information content (AvgIpc) is 2.64. The van der Waals surface area contributed by atoms with Gasteiger partial charge in [-0.2, -0.15) is 0 Å². The van der Waals surface area contributed by atoms with Gasteiger partial charge in [0.25, 0.3) is 0 Å². The Morgan fingerprint density at radius 3 is 2.25 bits per heavy atom. The number of rotatable bonds is 7. The zero-order valence-electron chi connectivity index (χ0n) is 17.4. The zero-order chi connectivity index (χ0) is 20.8. The van der Waals surface area contributed by atoms with Crippen LogP contribution in [0.3, 0.4) is 0 Å². The Morgan fingerprint density at radius 2 is 1.68 bits per heavy atom. The largest absolute Gasteiger partial charge is 0.356 e. The highest BCUT2D eigenvalue weighted by Gasteiger charge is 2.22. The van der Waals surface area contributed by atoms with Crippen molar-refractivity contribution < 1.29 is 8.42 Å². The predicted octanol–water partition coefficient (Wildman–Crippen LogP) is 3.08. The van der Waals surface area contributed by atoms with Gasteiger partial charge in [0.2, 0.25) is 0 Å². The van der Waals surface area contributed by atoms with Gasteiger partial charge in [-0.1, -0.05) is 50.2 Å². The molecule has 28 heavy (non-hydrogen) atoms. The minimum absolute atomic E-state index is 0.0234. The van der Waals surface area contributed by atoms with Crippen molar-refractivity contribution in [1.82, 2.24) is 10.6 Å². The molecule has 2 aromatic rings. The van der Waals surface area contributed by atoms with Crippen LogP contribution < -0.4 is 10.6 Å². The first-order valence-corrected chi connectivity index (χ1v) is 11.3. The summed E-state index contributed by atoms with van der Waals surface area (Å²) in [5.41, 5.74) is 3.67. The lowest BCUT2D eigenvalue weighted by atomic mass is 9.82. The van der Waals surface area contributed by atoms with Crippen molar-refractivity contribution >= 4 is 15.8 Å². The normalized spacial score (nSPS) is 12.7. The van der Waals surface area contributed by atoms with E-state index in [0.29, 0.717) is 11.4 Å². The van der Waals surface area contributed by atoms with E-state index >= 15 is 0 Å². The Balaban J connectivity index is 1.87. The van der Waals surface area contributed by atoms with E-state index in [-0.39, 0.29) is 5.41 Å². The highest BCUT2D eigenvalue weighted by molar-refractivity contribution is 7.90. The number of nitrogens with one attached hydrogen (secondary N) is 2. The maximum Gasteiger partial charge on any atom is 0.191 e. The molecule has 5 nitrogen and oxygen atoms in total. The Labute approximate surface area is 169 Å². The molecule has 0 unspecified atom stereocenters. The number of nitrogens with zero attached hydrogens (tertiary/aromatic N) is 1. The maximum absolute atomic E-state index is 11.5. The highest BCUT2D eigenvalue weighted by atomic mass is 32.2. The summed E-state index contributed by atoms with van der Waals surface area (Å²) in [6.45, 7) is 8.06. The molecule has 0 aliphatic heterocycles. The van der Waals surface area contributed by atoms with Crippen LogP contribution >= 0.6 is 0 Å². The second-order valence-electron chi connectivity index (χ2n) is 7.72. The summed E-state index contributed by atoms with van der Waals surface area (Å²) >= 11 is 0. The van der Waals surface area contributed by atoms with Gasteiger partial charge in [-0.05, 0) is 42.2 Å². The van der Waals surface area contributed by atoms with E-state index in [4.69, 9.17) is 0 Å². The first kappa shape index (κ1) is 22.0. The lowest BCUT2D eigenvalue weighted by Gasteiger charge is -2.28. The van der Waals surface area contributed by atoms with Crippen LogP contribution in [0.1, 0.15) is 30.5 Å². The van der Waals surface area contributed by atoms with Crippen LogP contribution in [0.2, 0.25) is 0 Å². The van der Waals surface area contributed by atoms with Crippen LogP contribution in [-0.2, 0) is 21.7 Å². The second kappa shape index (κ2) is 9.24. The molecule has 0 aliphatic rings. The minimum atomic E-state index is -3.15. The van der Waals surface area contributed by atoms with Gasteiger partial charge in [-0.3, -0.25) is 4.99 Å². The SMILES string of the molecule is CN=C(NCCc1ccc(S(C)(=O)=O)cc1)NCC(C)(C)c1ccccc1C. The van der Waals surface area contributed by atoms with Gasteiger partial charge in [0.15, 0.2) is 15.8 Å². The molecule has 0 radical (unpaired) electrons. The standard InChI is InChI=1S/C22H31N3O2S/c1-17-8-6-7-9-20(17)22(2,3)16-25-21(23-4)24-15-14-18-10-12-19(13-11-18)28(5,26)27/h6-13H,14-16H2,1-5H3,(H2,23,24,25). The Bertz CT molecular complexity index is 917. The van der Waals surface area contributed by atoms with Crippen molar-refractivity contribution in [1.29, 1.82) is 0 Å². The van der Waals surface area contributed by atoms with Gasteiger partial charge in [0.1, 0.15) is 0 Å². The molecule has 2 rings (SSSR count). The van der Waals surface area contributed by atoms with Gasteiger partial charge in [0, 0.05) is 31.8 Å². The van der Waals surface area contributed by atoms with E-state index in [1.54, 1.807) is 19.2 Å². The van der Waals surface area contributed by atoms with Crippen molar-refractivity contribution in [3.05, 3.63) is 65.2 Å². The third-order valence-corrected chi connectivity index (χ3v) is 5.98. The third kappa shape index (κ3) is 6.09. The molecule has 2 N–H and O–H groups in total. The van der Waals surface area contributed by atoms with Crippen molar-refractivity contribution in [3.63, 3.8) is 0 Å². The molecule has 0 heterocycles. The smallest absolute Gasteiger partial charge is 0.191 e. The fraction of sp³-hybridized carbons (Fsp3) is 0.409. The molecule has 152 valence electrons. The third-order valence-electron chi connectivity index (χ3n) is 4.85. The molecule has 0 fully saturated rings. The fourth-order valence-corrected chi connectivity index (χ4v) is 3.81. The van der Waals surface area contributed by atoms with Crippen molar-refractivity contribution in [2.75, 3.05) is 26.4 Å². The molecule has 6 heteroatoms. The average molecular weight is 402 g/mol. The van der Waals surface area contributed by atoms with Crippen molar-refractivity contribution in [3.8, 4) is 0 Å². The maximum atomic E-state index is 11.5. The minimum Gasteiger partial charge on any atom is -0.356 e. The van der Waals surface area contributed by atoms with E-state index in [1.165, 1.54) is 17.4 Å². The summed E-state index contributed by atoms with van der Waals surface area (Å²) in [5.74, 6) is 0.759. The molecule has 2 aromatic carbocycles. The highest BCUT2D eigenvalue weighted by Crippen LogP contribution is 2.25. The summed E-state index contributed by atoms with van der Waals surface area (Å²) in [6, 6.07) is 15.5. The van der Waals surface area contributed by atoms with Gasteiger partial charge in [-0.25, -0.2) is 8.42 Å². The number of hydrogen-bond donors (Lipinski definition) is 2. The van der Waals surface area contributed by atoms with Gasteiger partial charge >= 0.3 is 0 Å². The van der Waals surface area contributed by atoms with Crippen LogP contribution in [0.5, 0.6) is 0 Å². The zero-order valence-corrected chi connectivity index (χ0v) is 18.2. The van der Waals surface area contributed by atoms with Crippen LogP contribution in [0.4, 0.5) is 0 Å². The molecule has 0 amide bonds. The predicted molar refractivity (Wildman–Crippen MR) is 117 cm³/mol. The summed E-state index contributed by atoms with van der Waals surface area (Å²) in [7, 11) is -1.39. The summed E-state index contributed by atoms with van der Waals surface area (Å²) < 4.78 is 23.1. The van der Waals surface area contributed by atoms with E-state index in [9.17, 15) is 8.42 Å². The molecular formula is C22H31N3O2S. The Kier molecular flexibility index (Phi) is 7.24. The molecule has 0 bridgehead atoms.